The third-order valence-electron chi connectivity index (χ3n) is 4.15. The summed E-state index contributed by atoms with van der Waals surface area (Å²) in [5.74, 6) is -0.248. The summed E-state index contributed by atoms with van der Waals surface area (Å²) in [5, 5.41) is 11.6. The lowest BCUT2D eigenvalue weighted by Crippen LogP contribution is -2.07. The smallest absolute Gasteiger partial charge is 0.159 e. The van der Waals surface area contributed by atoms with Crippen LogP contribution in [0.15, 0.2) is 73.4 Å². The highest BCUT2D eigenvalue weighted by molar-refractivity contribution is 5.84. The van der Waals surface area contributed by atoms with Crippen LogP contribution in [0.25, 0.3) is 10.9 Å². The molecule has 5 heteroatoms. The first-order chi connectivity index (χ1) is 11.7. The molecule has 0 saturated carbocycles. The number of hydrogen-bond donors (Lipinski definition) is 1. The molecule has 2 aromatic carbocycles. The molecule has 0 spiro atoms. The summed E-state index contributed by atoms with van der Waals surface area (Å²) < 4.78 is 17.1. The molecule has 0 aliphatic rings. The van der Waals surface area contributed by atoms with Gasteiger partial charge in [-0.15, -0.1) is 0 Å². The molecule has 2 aromatic heterocycles. The second-order valence-electron chi connectivity index (χ2n) is 5.74. The third-order valence-corrected chi connectivity index (χ3v) is 4.15. The van der Waals surface area contributed by atoms with Gasteiger partial charge in [-0.3, -0.25) is 0 Å². The van der Waals surface area contributed by atoms with Crippen molar-refractivity contribution in [2.24, 2.45) is 0 Å². The number of aromatic nitrogens is 3. The van der Waals surface area contributed by atoms with Crippen LogP contribution in [0.5, 0.6) is 0 Å². The minimum atomic E-state index is -0.814. The normalized spacial score (nSPS) is 12.6. The van der Waals surface area contributed by atoms with Crippen molar-refractivity contribution in [3.8, 4) is 0 Å². The average Bonchev–Trinajstić information content (AvgIpc) is 3.23. The summed E-state index contributed by atoms with van der Waals surface area (Å²) >= 11 is 0. The zero-order valence-corrected chi connectivity index (χ0v) is 12.9. The maximum atomic E-state index is 13.4. The molecule has 0 radical (unpaired) electrons. The van der Waals surface area contributed by atoms with Crippen molar-refractivity contribution in [3.05, 3.63) is 90.4 Å². The van der Waals surface area contributed by atoms with Crippen molar-refractivity contribution in [1.29, 1.82) is 0 Å². The minimum Gasteiger partial charge on any atom is -0.369 e. The van der Waals surface area contributed by atoms with Crippen molar-refractivity contribution in [2.45, 2.75) is 12.8 Å². The highest BCUT2D eigenvalue weighted by Crippen LogP contribution is 2.28. The maximum absolute atomic E-state index is 13.4. The predicted octanol–water partition coefficient (Wildman–Crippen LogP) is 3.56. The summed E-state index contributed by atoms with van der Waals surface area (Å²) in [4.78, 5) is 3.99. The van der Waals surface area contributed by atoms with Crippen molar-refractivity contribution in [2.75, 3.05) is 0 Å². The van der Waals surface area contributed by atoms with Crippen molar-refractivity contribution >= 4 is 10.9 Å². The summed E-state index contributed by atoms with van der Waals surface area (Å²) in [5.41, 5.74) is 2.66. The molecule has 1 N–H and O–H groups in total. The molecule has 0 fully saturated rings. The van der Waals surface area contributed by atoms with Crippen LogP contribution in [0.1, 0.15) is 17.4 Å². The van der Waals surface area contributed by atoms with Crippen molar-refractivity contribution in [3.63, 3.8) is 0 Å². The van der Waals surface area contributed by atoms with Gasteiger partial charge in [-0.05, 0) is 23.8 Å². The fraction of sp³-hybridized carbons (Fsp3) is 0.105. The fourth-order valence-corrected chi connectivity index (χ4v) is 3.02. The summed E-state index contributed by atoms with van der Waals surface area (Å²) in [7, 11) is 0. The van der Waals surface area contributed by atoms with Crippen LogP contribution in [-0.2, 0) is 6.54 Å². The second-order valence-corrected chi connectivity index (χ2v) is 5.74. The molecule has 4 aromatic rings. The van der Waals surface area contributed by atoms with Gasteiger partial charge in [-0.2, -0.15) is 0 Å². The molecule has 4 rings (SSSR count). The average molecular weight is 321 g/mol. The van der Waals surface area contributed by atoms with Gasteiger partial charge in [0.15, 0.2) is 6.23 Å². The topological polar surface area (TPSA) is 43.0 Å². The molecule has 0 aliphatic heterocycles. The van der Waals surface area contributed by atoms with E-state index in [0.29, 0.717) is 6.54 Å². The first-order valence-corrected chi connectivity index (χ1v) is 7.70. The summed E-state index contributed by atoms with van der Waals surface area (Å²) in [6, 6.07) is 14.4. The number of nitrogens with zero attached hydrogens (tertiary/aromatic N) is 3. The Bertz CT molecular complexity index is 975. The molecule has 0 saturated heterocycles. The van der Waals surface area contributed by atoms with Gasteiger partial charge in [0.25, 0.3) is 0 Å². The third kappa shape index (κ3) is 2.59. The quantitative estimate of drug-likeness (QED) is 0.624. The minimum absolute atomic E-state index is 0.248. The number of rotatable bonds is 4. The molecule has 0 bridgehead atoms. The van der Waals surface area contributed by atoms with Gasteiger partial charge in [-0.25, -0.2) is 9.37 Å². The predicted molar refractivity (Wildman–Crippen MR) is 90.0 cm³/mol. The van der Waals surface area contributed by atoms with E-state index in [-0.39, 0.29) is 5.82 Å². The Kier molecular flexibility index (Phi) is 3.63. The van der Waals surface area contributed by atoms with Crippen LogP contribution in [0.2, 0.25) is 0 Å². The fourth-order valence-electron chi connectivity index (χ4n) is 3.02. The van der Waals surface area contributed by atoms with E-state index in [1.165, 1.54) is 12.1 Å². The summed E-state index contributed by atoms with van der Waals surface area (Å²) in [6.45, 7) is 0.537. The van der Waals surface area contributed by atoms with E-state index in [4.69, 9.17) is 0 Å². The lowest BCUT2D eigenvalue weighted by molar-refractivity contribution is 0.147. The molecule has 0 amide bonds. The molecule has 24 heavy (non-hydrogen) atoms. The van der Waals surface area contributed by atoms with E-state index in [0.717, 1.165) is 22.0 Å². The Labute approximate surface area is 138 Å². The van der Waals surface area contributed by atoms with E-state index in [1.54, 1.807) is 29.4 Å². The van der Waals surface area contributed by atoms with Gasteiger partial charge in [0.1, 0.15) is 5.82 Å². The molecule has 120 valence electrons. The number of fused-ring (bicyclic) bond motifs is 1. The Morgan fingerprint density at radius 2 is 2.00 bits per heavy atom. The van der Waals surface area contributed by atoms with E-state index >= 15 is 0 Å². The van der Waals surface area contributed by atoms with Gasteiger partial charge in [0, 0.05) is 41.6 Å². The molecule has 4 nitrogen and oxygen atoms in total. The Morgan fingerprint density at radius 1 is 1.12 bits per heavy atom. The second kappa shape index (κ2) is 5.94. The number of para-hydroxylation sites is 1. The van der Waals surface area contributed by atoms with Gasteiger partial charge in [0.05, 0.1) is 6.33 Å². The number of benzene rings is 2. The number of aliphatic hydroxyl groups excluding tert-OH is 1. The van der Waals surface area contributed by atoms with Crippen LogP contribution >= 0.6 is 0 Å². The Morgan fingerprint density at radius 3 is 2.79 bits per heavy atom. The molecule has 1 atom stereocenters. The van der Waals surface area contributed by atoms with Crippen LogP contribution in [0.3, 0.4) is 0 Å². The van der Waals surface area contributed by atoms with E-state index < -0.39 is 6.23 Å². The Balaban J connectivity index is 1.79. The first kappa shape index (κ1) is 14.7. The zero-order valence-electron chi connectivity index (χ0n) is 12.9. The van der Waals surface area contributed by atoms with E-state index in [9.17, 15) is 9.50 Å². The first-order valence-electron chi connectivity index (χ1n) is 7.70. The molecule has 0 aliphatic carbocycles. The largest absolute Gasteiger partial charge is 0.369 e. The van der Waals surface area contributed by atoms with Crippen molar-refractivity contribution in [1.82, 2.24) is 14.1 Å². The SMILES string of the molecule is OC(c1cn(Cc2cccc(F)c2)c2ccccc12)n1ccnc1. The lowest BCUT2D eigenvalue weighted by atomic mass is 10.1. The van der Waals surface area contributed by atoms with Crippen LogP contribution in [-0.4, -0.2) is 19.2 Å². The lowest BCUT2D eigenvalue weighted by Gasteiger charge is -2.10. The van der Waals surface area contributed by atoms with Gasteiger partial charge < -0.3 is 14.2 Å². The monoisotopic (exact) mass is 321 g/mol. The van der Waals surface area contributed by atoms with E-state index in [2.05, 4.69) is 4.98 Å². The Hall–Kier alpha value is -2.92. The molecule has 1 unspecified atom stereocenters. The molecular weight excluding hydrogens is 305 g/mol. The van der Waals surface area contributed by atoms with Crippen LogP contribution in [0.4, 0.5) is 4.39 Å². The van der Waals surface area contributed by atoms with Gasteiger partial charge in [-0.1, -0.05) is 30.3 Å². The number of imidazole rings is 1. The highest BCUT2D eigenvalue weighted by atomic mass is 19.1. The standard InChI is InChI=1S/C19H16FN3O/c20-15-5-3-4-14(10-15)11-23-12-17(16-6-1-2-7-18(16)23)19(24)22-9-8-21-13-22/h1-10,12-13,19,24H,11H2. The van der Waals surface area contributed by atoms with Crippen LogP contribution in [0, 0.1) is 5.82 Å². The molecule has 2 heterocycles. The van der Waals surface area contributed by atoms with Crippen molar-refractivity contribution < 1.29 is 9.50 Å². The number of halogens is 1. The zero-order chi connectivity index (χ0) is 16.5. The number of hydrogen-bond acceptors (Lipinski definition) is 2. The van der Waals surface area contributed by atoms with Gasteiger partial charge in [0.2, 0.25) is 0 Å². The maximum Gasteiger partial charge on any atom is 0.159 e. The highest BCUT2D eigenvalue weighted by Gasteiger charge is 2.16. The molecular formula is C19H16FN3O. The van der Waals surface area contributed by atoms with Crippen LogP contribution < -0.4 is 0 Å². The summed E-state index contributed by atoms with van der Waals surface area (Å²) in [6.07, 6.45) is 6.05. The van der Waals surface area contributed by atoms with Gasteiger partial charge >= 0.3 is 0 Å². The van der Waals surface area contributed by atoms with E-state index in [1.807, 2.05) is 41.1 Å². The number of aliphatic hydroxyl groups is 1.